The first-order valence-corrected chi connectivity index (χ1v) is 2.11. The first-order chi connectivity index (χ1) is 3.50. The van der Waals surface area contributed by atoms with Crippen molar-refractivity contribution in [2.75, 3.05) is 13.3 Å². The highest BCUT2D eigenvalue weighted by atomic mass is 16.7. The number of hydrogen-bond acceptors (Lipinski definition) is 3. The Balaban J connectivity index is 2.20. The molecule has 1 heterocycles. The molecule has 0 unspecified atom stereocenters. The van der Waals surface area contributed by atoms with E-state index in [1.807, 2.05) is 0 Å². The van der Waals surface area contributed by atoms with E-state index in [1.165, 1.54) is 0 Å². The molecule has 1 rings (SSSR count). The molecule has 1 aliphatic heterocycles. The highest BCUT2D eigenvalue weighted by Crippen LogP contribution is 1.81. The predicted molar refractivity (Wildman–Crippen MR) is 24.2 cm³/mol. The van der Waals surface area contributed by atoms with Crippen LogP contribution in [0, 0.1) is 0 Å². The molecular weight excluding hydrogens is 94.0 g/mol. The van der Waals surface area contributed by atoms with Gasteiger partial charge in [0.1, 0.15) is 0 Å². The molecule has 0 saturated heterocycles. The first kappa shape index (κ1) is 4.61. The van der Waals surface area contributed by atoms with Crippen molar-refractivity contribution in [3.05, 3.63) is 12.3 Å². The second kappa shape index (κ2) is 2.60. The molecule has 0 aromatic heterocycles. The van der Waals surface area contributed by atoms with E-state index in [1.54, 1.807) is 12.3 Å². The Hall–Kier alpha value is -0.540. The Kier molecular flexibility index (Phi) is 1.72. The van der Waals surface area contributed by atoms with Gasteiger partial charge >= 0.3 is 0 Å². The smallest absolute Gasteiger partial charge is 0.160 e. The first-order valence-electron chi connectivity index (χ1n) is 2.11. The van der Waals surface area contributed by atoms with Crippen LogP contribution in [0.3, 0.4) is 0 Å². The monoisotopic (exact) mass is 101 g/mol. The van der Waals surface area contributed by atoms with Crippen LogP contribution in [0.1, 0.15) is 0 Å². The molecule has 0 amide bonds. The third kappa shape index (κ3) is 1.57. The highest BCUT2D eigenvalue weighted by molar-refractivity contribution is 4.72. The summed E-state index contributed by atoms with van der Waals surface area (Å²) < 4.78 is 4.78. The summed E-state index contributed by atoms with van der Waals surface area (Å²) in [5, 5.41) is 0. The number of ether oxygens (including phenoxy) is 1. The predicted octanol–water partition coefficient (Wildman–Crippen LogP) is 0.00900. The van der Waals surface area contributed by atoms with Gasteiger partial charge in [-0.05, 0) is 6.08 Å². The number of hydroxylamine groups is 1. The van der Waals surface area contributed by atoms with E-state index in [-0.39, 0.29) is 0 Å². The van der Waals surface area contributed by atoms with E-state index in [4.69, 9.17) is 9.57 Å². The van der Waals surface area contributed by atoms with E-state index in [0.29, 0.717) is 13.3 Å². The van der Waals surface area contributed by atoms with Gasteiger partial charge in [0.05, 0.1) is 12.9 Å². The molecule has 0 atom stereocenters. The molecule has 1 N–H and O–H groups in total. The van der Waals surface area contributed by atoms with Crippen molar-refractivity contribution < 1.29 is 9.57 Å². The minimum Gasteiger partial charge on any atom is -0.484 e. The van der Waals surface area contributed by atoms with E-state index in [0.717, 1.165) is 0 Å². The summed E-state index contributed by atoms with van der Waals surface area (Å²) in [5.74, 6) is 0. The van der Waals surface area contributed by atoms with Crippen LogP contribution in [0.5, 0.6) is 0 Å². The average Bonchev–Trinajstić information content (AvgIpc) is 1.90. The Labute approximate surface area is 41.9 Å². The molecule has 0 spiro atoms. The Morgan fingerprint density at radius 1 is 1.57 bits per heavy atom. The van der Waals surface area contributed by atoms with Crippen LogP contribution in [0.15, 0.2) is 12.3 Å². The fraction of sp³-hybridized carbons (Fsp3) is 0.500. The summed E-state index contributed by atoms with van der Waals surface area (Å²) >= 11 is 0. The third-order valence-corrected chi connectivity index (χ3v) is 0.616. The lowest BCUT2D eigenvalue weighted by molar-refractivity contribution is 0.0182. The van der Waals surface area contributed by atoms with Gasteiger partial charge in [0.15, 0.2) is 6.73 Å². The van der Waals surface area contributed by atoms with Gasteiger partial charge in [-0.3, -0.25) is 4.84 Å². The quantitative estimate of drug-likeness (QED) is 0.466. The van der Waals surface area contributed by atoms with E-state index in [9.17, 15) is 0 Å². The molecule has 0 aromatic rings. The maximum absolute atomic E-state index is 4.78. The third-order valence-electron chi connectivity index (χ3n) is 0.616. The molecule has 3 nitrogen and oxygen atoms in total. The standard InChI is InChI=1S/C4H7NO2/c1-2-6-4-5-7-3-1/h1-2,5H,3-4H2. The number of rotatable bonds is 0. The second-order valence-electron chi connectivity index (χ2n) is 1.14. The molecule has 7 heavy (non-hydrogen) atoms. The van der Waals surface area contributed by atoms with Crippen molar-refractivity contribution in [3.8, 4) is 0 Å². The van der Waals surface area contributed by atoms with Gasteiger partial charge in [0.2, 0.25) is 0 Å². The highest BCUT2D eigenvalue weighted by Gasteiger charge is 1.85. The van der Waals surface area contributed by atoms with Gasteiger partial charge in [-0.1, -0.05) is 0 Å². The minimum atomic E-state index is 0.441. The summed E-state index contributed by atoms with van der Waals surface area (Å²) in [6.45, 7) is 1.02. The number of nitrogens with one attached hydrogen (secondary N) is 1. The lowest BCUT2D eigenvalue weighted by Gasteiger charge is -1.95. The van der Waals surface area contributed by atoms with Gasteiger partial charge < -0.3 is 4.74 Å². The summed E-state index contributed by atoms with van der Waals surface area (Å²) in [6, 6.07) is 0. The molecular formula is C4H7NO2. The van der Waals surface area contributed by atoms with Crippen molar-refractivity contribution in [2.24, 2.45) is 0 Å². The molecule has 0 aliphatic carbocycles. The van der Waals surface area contributed by atoms with Crippen molar-refractivity contribution in [2.45, 2.75) is 0 Å². The van der Waals surface area contributed by atoms with Gasteiger partial charge in [0.25, 0.3) is 0 Å². The maximum atomic E-state index is 4.78. The molecule has 0 aromatic carbocycles. The molecule has 3 heteroatoms. The Morgan fingerprint density at radius 3 is 3.57 bits per heavy atom. The van der Waals surface area contributed by atoms with Crippen molar-refractivity contribution in [3.63, 3.8) is 0 Å². The molecule has 1 aliphatic rings. The van der Waals surface area contributed by atoms with E-state index >= 15 is 0 Å². The van der Waals surface area contributed by atoms with E-state index < -0.39 is 0 Å². The molecule has 0 radical (unpaired) electrons. The van der Waals surface area contributed by atoms with Gasteiger partial charge in [-0.15, -0.1) is 0 Å². The zero-order chi connectivity index (χ0) is 4.95. The summed E-state index contributed by atoms with van der Waals surface area (Å²) in [5.41, 5.74) is 2.56. The van der Waals surface area contributed by atoms with Gasteiger partial charge in [0, 0.05) is 0 Å². The zero-order valence-electron chi connectivity index (χ0n) is 3.89. The Bertz CT molecular complexity index is 64.1. The van der Waals surface area contributed by atoms with Crippen LogP contribution in [-0.2, 0) is 9.57 Å². The molecule has 0 saturated carbocycles. The van der Waals surface area contributed by atoms with Crippen LogP contribution < -0.4 is 5.48 Å². The number of hydrogen-bond donors (Lipinski definition) is 1. The maximum Gasteiger partial charge on any atom is 0.160 e. The van der Waals surface area contributed by atoms with Crippen LogP contribution >= 0.6 is 0 Å². The summed E-state index contributed by atoms with van der Waals surface area (Å²) in [7, 11) is 0. The fourth-order valence-corrected chi connectivity index (χ4v) is 0.338. The lowest BCUT2D eigenvalue weighted by Crippen LogP contribution is -2.14. The largest absolute Gasteiger partial charge is 0.484 e. The topological polar surface area (TPSA) is 30.5 Å². The average molecular weight is 101 g/mol. The SMILES string of the molecule is C1=COCNOC1. The minimum absolute atomic E-state index is 0.441. The summed E-state index contributed by atoms with van der Waals surface area (Å²) in [6.07, 6.45) is 3.40. The lowest BCUT2D eigenvalue weighted by atomic mass is 10.7. The van der Waals surface area contributed by atoms with Crippen LogP contribution in [0.2, 0.25) is 0 Å². The Morgan fingerprint density at radius 2 is 2.57 bits per heavy atom. The van der Waals surface area contributed by atoms with Crippen molar-refractivity contribution >= 4 is 0 Å². The molecule has 0 fully saturated rings. The molecule has 0 bridgehead atoms. The fourth-order valence-electron chi connectivity index (χ4n) is 0.338. The van der Waals surface area contributed by atoms with Crippen LogP contribution in [-0.4, -0.2) is 13.3 Å². The van der Waals surface area contributed by atoms with Crippen molar-refractivity contribution in [1.29, 1.82) is 0 Å². The second-order valence-corrected chi connectivity index (χ2v) is 1.14. The van der Waals surface area contributed by atoms with Gasteiger partial charge in [-0.25, -0.2) is 0 Å². The van der Waals surface area contributed by atoms with Gasteiger partial charge in [-0.2, -0.15) is 5.48 Å². The van der Waals surface area contributed by atoms with Crippen LogP contribution in [0.4, 0.5) is 0 Å². The van der Waals surface area contributed by atoms with Crippen LogP contribution in [0.25, 0.3) is 0 Å². The van der Waals surface area contributed by atoms with E-state index in [2.05, 4.69) is 5.48 Å². The summed E-state index contributed by atoms with van der Waals surface area (Å²) in [4.78, 5) is 4.73. The molecule has 40 valence electrons. The normalized spacial score (nSPS) is 20.6. The van der Waals surface area contributed by atoms with Crippen molar-refractivity contribution in [1.82, 2.24) is 5.48 Å². The zero-order valence-corrected chi connectivity index (χ0v) is 3.89.